The minimum absolute atomic E-state index is 0.205. The van der Waals surface area contributed by atoms with Crippen LogP contribution in [-0.4, -0.2) is 23.6 Å². The maximum atomic E-state index is 11.9. The molecule has 0 bridgehead atoms. The van der Waals surface area contributed by atoms with Crippen LogP contribution < -0.4 is 4.72 Å². The van der Waals surface area contributed by atoms with Crippen LogP contribution in [0.5, 0.6) is 0 Å². The Morgan fingerprint density at radius 2 is 1.90 bits per heavy atom. The molecule has 20 heavy (non-hydrogen) atoms. The van der Waals surface area contributed by atoms with Crippen molar-refractivity contribution in [2.24, 2.45) is 0 Å². The van der Waals surface area contributed by atoms with Crippen molar-refractivity contribution >= 4 is 10.0 Å². The van der Waals surface area contributed by atoms with Gasteiger partial charge in [0.25, 0.3) is 0 Å². The first kappa shape index (κ1) is 13.2. The van der Waals surface area contributed by atoms with Crippen LogP contribution in [0.3, 0.4) is 0 Å². The highest BCUT2D eigenvalue weighted by atomic mass is 32.2. The van der Waals surface area contributed by atoms with Crippen LogP contribution in [0.25, 0.3) is 11.3 Å². The zero-order chi connectivity index (χ0) is 14.0. The molecule has 0 unspecified atom stereocenters. The maximum absolute atomic E-state index is 11.9. The molecule has 3 rings (SSSR count). The van der Waals surface area contributed by atoms with Gasteiger partial charge in [0.1, 0.15) is 0 Å². The second-order valence-corrected chi connectivity index (χ2v) is 6.86. The fourth-order valence-corrected chi connectivity index (χ4v) is 3.37. The molecule has 0 aromatic carbocycles. The summed E-state index contributed by atoms with van der Waals surface area (Å²) in [5.74, 6) is 0. The third-order valence-electron chi connectivity index (χ3n) is 3.27. The third kappa shape index (κ3) is 2.86. The summed E-state index contributed by atoms with van der Waals surface area (Å²) in [7, 11) is -3.17. The van der Waals surface area contributed by atoms with E-state index in [1.165, 1.54) is 0 Å². The Morgan fingerprint density at radius 1 is 1.15 bits per heavy atom. The Kier molecular flexibility index (Phi) is 3.50. The zero-order valence-electron chi connectivity index (χ0n) is 10.9. The van der Waals surface area contributed by atoms with E-state index in [0.29, 0.717) is 0 Å². The molecule has 2 aromatic heterocycles. The summed E-state index contributed by atoms with van der Waals surface area (Å²) in [5, 5.41) is -0.205. The van der Waals surface area contributed by atoms with Crippen molar-refractivity contribution in [3.63, 3.8) is 0 Å². The fourth-order valence-electron chi connectivity index (χ4n) is 2.03. The van der Waals surface area contributed by atoms with Crippen molar-refractivity contribution < 1.29 is 8.42 Å². The van der Waals surface area contributed by atoms with E-state index < -0.39 is 10.0 Å². The highest BCUT2D eigenvalue weighted by Gasteiger charge is 2.35. The summed E-state index contributed by atoms with van der Waals surface area (Å²) in [6.07, 6.45) is 6.62. The second kappa shape index (κ2) is 5.30. The van der Waals surface area contributed by atoms with Crippen molar-refractivity contribution in [1.82, 2.24) is 14.7 Å². The van der Waals surface area contributed by atoms with Crippen LogP contribution >= 0.6 is 0 Å². The molecule has 0 atom stereocenters. The Bertz CT molecular complexity index is 697. The van der Waals surface area contributed by atoms with Crippen molar-refractivity contribution in [3.8, 4) is 11.3 Å². The van der Waals surface area contributed by atoms with Crippen molar-refractivity contribution in [2.45, 2.75) is 24.6 Å². The molecule has 1 aliphatic rings. The largest absolute Gasteiger partial charge is 0.265 e. The van der Waals surface area contributed by atoms with Crippen LogP contribution in [0.4, 0.5) is 0 Å². The standard InChI is InChI=1S/C14H15N3O2S/c18-20(19,13-3-4-13)17-10-12-2-1-7-16-14(12)11-5-8-15-9-6-11/h1-2,5-9,13,17H,3-4,10H2. The van der Waals surface area contributed by atoms with Gasteiger partial charge < -0.3 is 0 Å². The molecule has 0 amide bonds. The molecule has 2 aromatic rings. The number of hydrogen-bond acceptors (Lipinski definition) is 4. The van der Waals surface area contributed by atoms with Gasteiger partial charge in [-0.2, -0.15) is 0 Å². The van der Waals surface area contributed by atoms with Crippen LogP contribution in [0, 0.1) is 0 Å². The number of aromatic nitrogens is 2. The van der Waals surface area contributed by atoms with E-state index in [9.17, 15) is 8.42 Å². The average molecular weight is 289 g/mol. The van der Waals surface area contributed by atoms with Crippen molar-refractivity contribution in [2.75, 3.05) is 0 Å². The number of pyridine rings is 2. The minimum Gasteiger partial charge on any atom is -0.265 e. The van der Waals surface area contributed by atoms with E-state index in [4.69, 9.17) is 0 Å². The van der Waals surface area contributed by atoms with Crippen LogP contribution in [0.1, 0.15) is 18.4 Å². The maximum Gasteiger partial charge on any atom is 0.214 e. The molecule has 1 fully saturated rings. The molecule has 1 saturated carbocycles. The van der Waals surface area contributed by atoms with Crippen molar-refractivity contribution in [3.05, 3.63) is 48.4 Å². The van der Waals surface area contributed by atoms with E-state index in [1.54, 1.807) is 18.6 Å². The predicted molar refractivity (Wildman–Crippen MR) is 76.2 cm³/mol. The number of sulfonamides is 1. The third-order valence-corrected chi connectivity index (χ3v) is 5.17. The zero-order valence-corrected chi connectivity index (χ0v) is 11.7. The smallest absolute Gasteiger partial charge is 0.214 e. The van der Waals surface area contributed by atoms with E-state index in [2.05, 4.69) is 14.7 Å². The summed E-state index contributed by atoms with van der Waals surface area (Å²) >= 11 is 0. The van der Waals surface area contributed by atoms with Gasteiger partial charge in [-0.25, -0.2) is 13.1 Å². The van der Waals surface area contributed by atoms with Gasteiger partial charge in [0.05, 0.1) is 10.9 Å². The van der Waals surface area contributed by atoms with Gasteiger partial charge in [0, 0.05) is 30.7 Å². The molecular weight excluding hydrogens is 274 g/mol. The first-order chi connectivity index (χ1) is 9.67. The summed E-state index contributed by atoms with van der Waals surface area (Å²) in [5.41, 5.74) is 2.58. The second-order valence-electron chi connectivity index (χ2n) is 4.81. The average Bonchev–Trinajstić information content (AvgIpc) is 3.32. The normalized spacial score (nSPS) is 15.2. The van der Waals surface area contributed by atoms with Gasteiger partial charge in [-0.1, -0.05) is 6.07 Å². The molecular formula is C14H15N3O2S. The van der Waals surface area contributed by atoms with Crippen molar-refractivity contribution in [1.29, 1.82) is 0 Å². The Balaban J connectivity index is 1.83. The monoisotopic (exact) mass is 289 g/mol. The lowest BCUT2D eigenvalue weighted by molar-refractivity contribution is 0.580. The van der Waals surface area contributed by atoms with E-state index >= 15 is 0 Å². The highest BCUT2D eigenvalue weighted by Crippen LogP contribution is 2.28. The summed E-state index contributed by atoms with van der Waals surface area (Å²) in [6, 6.07) is 7.42. The summed E-state index contributed by atoms with van der Waals surface area (Å²) < 4.78 is 26.4. The molecule has 1 N–H and O–H groups in total. The molecule has 5 nitrogen and oxygen atoms in total. The van der Waals surface area contributed by atoms with E-state index in [0.717, 1.165) is 29.7 Å². The number of nitrogens with one attached hydrogen (secondary N) is 1. The molecule has 2 heterocycles. The van der Waals surface area contributed by atoms with Gasteiger partial charge in [0.15, 0.2) is 0 Å². The lowest BCUT2D eigenvalue weighted by Gasteiger charge is -2.10. The summed E-state index contributed by atoms with van der Waals surface area (Å²) in [4.78, 5) is 8.33. The molecule has 6 heteroatoms. The number of rotatable bonds is 5. The number of hydrogen-bond donors (Lipinski definition) is 1. The first-order valence-electron chi connectivity index (χ1n) is 6.49. The van der Waals surface area contributed by atoms with Crippen LogP contribution in [0.15, 0.2) is 42.9 Å². The molecule has 104 valence electrons. The van der Waals surface area contributed by atoms with Gasteiger partial charge in [-0.15, -0.1) is 0 Å². The number of nitrogens with zero attached hydrogens (tertiary/aromatic N) is 2. The van der Waals surface area contributed by atoms with Gasteiger partial charge in [-0.05, 0) is 36.6 Å². The molecule has 0 saturated heterocycles. The SMILES string of the molecule is O=S(=O)(NCc1cccnc1-c1ccncc1)C1CC1. The Labute approximate surface area is 118 Å². The molecule has 0 spiro atoms. The Morgan fingerprint density at radius 3 is 2.60 bits per heavy atom. The van der Waals surface area contributed by atoms with Gasteiger partial charge in [-0.3, -0.25) is 9.97 Å². The predicted octanol–water partition coefficient (Wildman–Crippen LogP) is 1.73. The lowest BCUT2D eigenvalue weighted by atomic mass is 10.1. The van der Waals surface area contributed by atoms with Gasteiger partial charge in [0.2, 0.25) is 10.0 Å². The first-order valence-corrected chi connectivity index (χ1v) is 8.04. The molecule has 1 aliphatic carbocycles. The van der Waals surface area contributed by atoms with Crippen LogP contribution in [-0.2, 0) is 16.6 Å². The van der Waals surface area contributed by atoms with Gasteiger partial charge >= 0.3 is 0 Å². The lowest BCUT2D eigenvalue weighted by Crippen LogP contribution is -2.27. The quantitative estimate of drug-likeness (QED) is 0.909. The minimum atomic E-state index is -3.17. The fraction of sp³-hybridized carbons (Fsp3) is 0.286. The Hall–Kier alpha value is -1.79. The topological polar surface area (TPSA) is 72.0 Å². The molecule has 0 aliphatic heterocycles. The van der Waals surface area contributed by atoms with E-state index in [-0.39, 0.29) is 11.8 Å². The van der Waals surface area contributed by atoms with Crippen LogP contribution in [0.2, 0.25) is 0 Å². The summed E-state index contributed by atoms with van der Waals surface area (Å²) in [6.45, 7) is 0.268. The highest BCUT2D eigenvalue weighted by molar-refractivity contribution is 7.90. The van der Waals surface area contributed by atoms with E-state index in [1.807, 2.05) is 24.3 Å². The molecule has 0 radical (unpaired) electrons.